The summed E-state index contributed by atoms with van der Waals surface area (Å²) in [5.74, 6) is 0.907. The lowest BCUT2D eigenvalue weighted by atomic mass is 10.0. The summed E-state index contributed by atoms with van der Waals surface area (Å²) in [6.45, 7) is 2.80. The van der Waals surface area contributed by atoms with Gasteiger partial charge in [0.25, 0.3) is 0 Å². The molecule has 0 unspecified atom stereocenters. The van der Waals surface area contributed by atoms with Crippen LogP contribution in [0.1, 0.15) is 18.2 Å². The molecular formula is C14H14N2O. The highest BCUT2D eigenvalue weighted by atomic mass is 16.5. The maximum Gasteiger partial charge on any atom is 0.128 e. The number of aromatic nitrogens is 2. The third-order valence-electron chi connectivity index (χ3n) is 3.06. The van der Waals surface area contributed by atoms with Gasteiger partial charge in [0.2, 0.25) is 0 Å². The van der Waals surface area contributed by atoms with E-state index in [9.17, 15) is 0 Å². The molecule has 3 rings (SSSR count). The van der Waals surface area contributed by atoms with Crippen LogP contribution >= 0.6 is 0 Å². The Hall–Kier alpha value is -1.90. The van der Waals surface area contributed by atoms with Crippen molar-refractivity contribution in [1.82, 2.24) is 10.2 Å². The van der Waals surface area contributed by atoms with Crippen LogP contribution in [0.2, 0.25) is 0 Å². The molecule has 3 heteroatoms. The highest BCUT2D eigenvalue weighted by Gasteiger charge is 2.16. The Morgan fingerprint density at radius 1 is 1.24 bits per heavy atom. The summed E-state index contributed by atoms with van der Waals surface area (Å²) in [7, 11) is 0. The van der Waals surface area contributed by atoms with Gasteiger partial charge < -0.3 is 4.74 Å². The molecule has 0 saturated carbocycles. The molecule has 17 heavy (non-hydrogen) atoms. The molecule has 1 aromatic heterocycles. The number of nitrogens with zero attached hydrogens (tertiary/aromatic N) is 2. The molecule has 1 aromatic carbocycles. The van der Waals surface area contributed by atoms with Gasteiger partial charge in [-0.05, 0) is 30.2 Å². The molecule has 0 fully saturated rings. The van der Waals surface area contributed by atoms with E-state index in [2.05, 4.69) is 23.2 Å². The minimum absolute atomic E-state index is 0.707. The topological polar surface area (TPSA) is 35.0 Å². The zero-order chi connectivity index (χ0) is 11.7. The standard InChI is InChI=1S/C14H14N2O/c1-2-11-9-10-7-8-17-13-6-4-3-5-12(13)14(10)16-15-11/h3-6,9H,2,7-8H2,1H3. The van der Waals surface area contributed by atoms with E-state index < -0.39 is 0 Å². The third kappa shape index (κ3) is 1.78. The Labute approximate surface area is 100 Å². The van der Waals surface area contributed by atoms with Gasteiger partial charge in [-0.1, -0.05) is 19.1 Å². The van der Waals surface area contributed by atoms with Crippen LogP contribution in [0.5, 0.6) is 5.75 Å². The zero-order valence-electron chi connectivity index (χ0n) is 9.81. The summed E-state index contributed by atoms with van der Waals surface area (Å²) < 4.78 is 5.74. The highest BCUT2D eigenvalue weighted by molar-refractivity contribution is 5.70. The summed E-state index contributed by atoms with van der Waals surface area (Å²) in [5.41, 5.74) is 4.30. The van der Waals surface area contributed by atoms with Crippen molar-refractivity contribution in [3.63, 3.8) is 0 Å². The molecule has 0 saturated heterocycles. The first-order chi connectivity index (χ1) is 8.38. The van der Waals surface area contributed by atoms with E-state index in [1.165, 1.54) is 5.56 Å². The smallest absolute Gasteiger partial charge is 0.128 e. The van der Waals surface area contributed by atoms with Crippen molar-refractivity contribution in [3.05, 3.63) is 41.6 Å². The lowest BCUT2D eigenvalue weighted by Gasteiger charge is -2.06. The first-order valence-corrected chi connectivity index (χ1v) is 5.96. The molecule has 1 aliphatic rings. The van der Waals surface area contributed by atoms with Crippen molar-refractivity contribution in [2.45, 2.75) is 19.8 Å². The number of aryl methyl sites for hydroxylation is 1. The number of hydrogen-bond acceptors (Lipinski definition) is 3. The maximum atomic E-state index is 5.74. The Morgan fingerprint density at radius 2 is 2.12 bits per heavy atom. The largest absolute Gasteiger partial charge is 0.493 e. The van der Waals surface area contributed by atoms with E-state index >= 15 is 0 Å². The number of fused-ring (bicyclic) bond motifs is 3. The normalized spacial score (nSPS) is 13.2. The van der Waals surface area contributed by atoms with Gasteiger partial charge >= 0.3 is 0 Å². The number of rotatable bonds is 1. The second-order valence-corrected chi connectivity index (χ2v) is 4.16. The van der Waals surface area contributed by atoms with Crippen LogP contribution in [-0.4, -0.2) is 16.8 Å². The summed E-state index contributed by atoms with van der Waals surface area (Å²) in [4.78, 5) is 0. The molecule has 3 nitrogen and oxygen atoms in total. The Morgan fingerprint density at radius 3 is 3.00 bits per heavy atom. The van der Waals surface area contributed by atoms with Crippen molar-refractivity contribution in [1.29, 1.82) is 0 Å². The van der Waals surface area contributed by atoms with Gasteiger partial charge in [0, 0.05) is 12.0 Å². The number of para-hydroxylation sites is 1. The van der Waals surface area contributed by atoms with Crippen LogP contribution in [0.25, 0.3) is 11.3 Å². The van der Waals surface area contributed by atoms with Crippen LogP contribution in [0.4, 0.5) is 0 Å². The lowest BCUT2D eigenvalue weighted by Crippen LogP contribution is -2.01. The molecule has 0 radical (unpaired) electrons. The fourth-order valence-corrected chi connectivity index (χ4v) is 2.13. The third-order valence-corrected chi connectivity index (χ3v) is 3.06. The molecule has 86 valence electrons. The first kappa shape index (κ1) is 10.3. The van der Waals surface area contributed by atoms with Gasteiger partial charge in [-0.3, -0.25) is 0 Å². The van der Waals surface area contributed by atoms with Crippen LogP contribution in [0.15, 0.2) is 30.3 Å². The number of benzene rings is 1. The van der Waals surface area contributed by atoms with E-state index in [0.717, 1.165) is 35.5 Å². The summed E-state index contributed by atoms with van der Waals surface area (Å²) in [5, 5.41) is 8.61. The Kier molecular flexibility index (Phi) is 2.52. The van der Waals surface area contributed by atoms with Gasteiger partial charge in [0.15, 0.2) is 0 Å². The van der Waals surface area contributed by atoms with Crippen molar-refractivity contribution in [3.8, 4) is 17.0 Å². The molecule has 0 atom stereocenters. The molecule has 2 aromatic rings. The van der Waals surface area contributed by atoms with E-state index in [0.29, 0.717) is 6.61 Å². The van der Waals surface area contributed by atoms with Crippen molar-refractivity contribution in [2.75, 3.05) is 6.61 Å². The summed E-state index contributed by atoms with van der Waals surface area (Å²) in [6, 6.07) is 10.2. The molecule has 0 N–H and O–H groups in total. The predicted molar refractivity (Wildman–Crippen MR) is 66.0 cm³/mol. The number of ether oxygens (including phenoxy) is 1. The fraction of sp³-hybridized carbons (Fsp3) is 0.286. The minimum atomic E-state index is 0.707. The van der Waals surface area contributed by atoms with Crippen LogP contribution in [0, 0.1) is 0 Å². The molecule has 0 aliphatic carbocycles. The highest BCUT2D eigenvalue weighted by Crippen LogP contribution is 2.33. The van der Waals surface area contributed by atoms with Crippen molar-refractivity contribution >= 4 is 0 Å². The van der Waals surface area contributed by atoms with Gasteiger partial charge in [-0.25, -0.2) is 0 Å². The molecule has 0 amide bonds. The van der Waals surface area contributed by atoms with Crippen LogP contribution < -0.4 is 4.74 Å². The van der Waals surface area contributed by atoms with Gasteiger partial charge in [-0.2, -0.15) is 5.10 Å². The average molecular weight is 226 g/mol. The van der Waals surface area contributed by atoms with E-state index in [-0.39, 0.29) is 0 Å². The van der Waals surface area contributed by atoms with Crippen LogP contribution in [-0.2, 0) is 12.8 Å². The maximum absolute atomic E-state index is 5.74. The Balaban J connectivity index is 2.19. The second-order valence-electron chi connectivity index (χ2n) is 4.16. The number of hydrogen-bond donors (Lipinski definition) is 0. The summed E-state index contributed by atoms with van der Waals surface area (Å²) in [6.07, 6.45) is 1.81. The minimum Gasteiger partial charge on any atom is -0.493 e. The summed E-state index contributed by atoms with van der Waals surface area (Å²) >= 11 is 0. The van der Waals surface area contributed by atoms with Crippen LogP contribution in [0.3, 0.4) is 0 Å². The second kappa shape index (κ2) is 4.17. The monoisotopic (exact) mass is 226 g/mol. The quantitative estimate of drug-likeness (QED) is 0.749. The predicted octanol–water partition coefficient (Wildman–Crippen LogP) is 2.64. The van der Waals surface area contributed by atoms with Crippen molar-refractivity contribution in [2.24, 2.45) is 0 Å². The fourth-order valence-electron chi connectivity index (χ4n) is 2.13. The average Bonchev–Trinajstić information content (AvgIpc) is 2.57. The Bertz CT molecular complexity index is 552. The molecule has 0 bridgehead atoms. The molecule has 2 heterocycles. The van der Waals surface area contributed by atoms with E-state index in [1.807, 2.05) is 24.3 Å². The molecule has 1 aliphatic heterocycles. The SMILES string of the molecule is CCc1cc2c(nn1)-c1ccccc1OCC2. The van der Waals surface area contributed by atoms with E-state index in [1.54, 1.807) is 0 Å². The van der Waals surface area contributed by atoms with Gasteiger partial charge in [0.05, 0.1) is 18.0 Å². The molecular weight excluding hydrogens is 212 g/mol. The first-order valence-electron chi connectivity index (χ1n) is 5.96. The van der Waals surface area contributed by atoms with E-state index in [4.69, 9.17) is 4.74 Å². The molecule has 0 spiro atoms. The zero-order valence-corrected chi connectivity index (χ0v) is 9.81. The van der Waals surface area contributed by atoms with Crippen molar-refractivity contribution < 1.29 is 4.74 Å². The van der Waals surface area contributed by atoms with Gasteiger partial charge in [-0.15, -0.1) is 5.10 Å². The lowest BCUT2D eigenvalue weighted by molar-refractivity contribution is 0.326. The van der Waals surface area contributed by atoms with Gasteiger partial charge in [0.1, 0.15) is 5.75 Å².